The molecule has 0 aliphatic carbocycles. The predicted molar refractivity (Wildman–Crippen MR) is 95.1 cm³/mol. The summed E-state index contributed by atoms with van der Waals surface area (Å²) in [5.74, 6) is 0.0439. The van der Waals surface area contributed by atoms with E-state index >= 15 is 0 Å². The van der Waals surface area contributed by atoms with E-state index in [2.05, 4.69) is 5.32 Å². The van der Waals surface area contributed by atoms with Crippen molar-refractivity contribution < 1.29 is 19.0 Å². The number of carbonyl (C=O) groups is 1. The van der Waals surface area contributed by atoms with Crippen LogP contribution in [0.5, 0.6) is 5.75 Å². The van der Waals surface area contributed by atoms with Gasteiger partial charge in [0.25, 0.3) is 0 Å². The molecule has 0 heterocycles. The molecule has 2 rings (SSSR count). The van der Waals surface area contributed by atoms with Crippen LogP contribution in [0.25, 0.3) is 0 Å². The van der Waals surface area contributed by atoms with Crippen LogP contribution in [0.15, 0.2) is 48.5 Å². The maximum atomic E-state index is 13.0. The van der Waals surface area contributed by atoms with Crippen LogP contribution in [0.1, 0.15) is 18.6 Å². The molecule has 2 aromatic carbocycles. The zero-order valence-electron chi connectivity index (χ0n) is 14.4. The normalized spacial score (nSPS) is 12.0. The summed E-state index contributed by atoms with van der Waals surface area (Å²) >= 11 is 0. The van der Waals surface area contributed by atoms with Crippen molar-refractivity contribution in [2.45, 2.75) is 13.0 Å². The van der Waals surface area contributed by atoms with Gasteiger partial charge < -0.3 is 15.2 Å². The molecule has 1 amide bonds. The molecule has 0 radical (unpaired) electrons. The first-order valence-corrected chi connectivity index (χ1v) is 8.12. The number of nitrogens with one attached hydrogen (secondary N) is 1. The minimum atomic E-state index is -0.792. The maximum absolute atomic E-state index is 13.0. The molecule has 0 saturated heterocycles. The van der Waals surface area contributed by atoms with Gasteiger partial charge in [0.2, 0.25) is 5.91 Å². The molecule has 1 unspecified atom stereocenters. The summed E-state index contributed by atoms with van der Waals surface area (Å²) in [4.78, 5) is 14.1. The highest BCUT2D eigenvalue weighted by Crippen LogP contribution is 2.23. The van der Waals surface area contributed by atoms with E-state index in [4.69, 9.17) is 4.74 Å². The zero-order valence-corrected chi connectivity index (χ0v) is 14.4. The highest BCUT2D eigenvalue weighted by atomic mass is 19.1. The number of benzene rings is 2. The molecule has 1 atom stereocenters. The van der Waals surface area contributed by atoms with E-state index in [-0.39, 0.29) is 24.8 Å². The van der Waals surface area contributed by atoms with Crippen LogP contribution in [0.2, 0.25) is 0 Å². The fourth-order valence-electron chi connectivity index (χ4n) is 2.48. The van der Waals surface area contributed by atoms with Crippen molar-refractivity contribution in [2.75, 3.05) is 32.1 Å². The average molecular weight is 346 g/mol. The Labute approximate surface area is 147 Å². The average Bonchev–Trinajstić information content (AvgIpc) is 2.62. The predicted octanol–water partition coefficient (Wildman–Crippen LogP) is 2.83. The Kier molecular flexibility index (Phi) is 6.91. The van der Waals surface area contributed by atoms with Crippen molar-refractivity contribution in [3.63, 3.8) is 0 Å². The number of methoxy groups -OCH3 is 1. The third kappa shape index (κ3) is 5.55. The molecule has 2 N–H and O–H groups in total. The number of hydrogen-bond acceptors (Lipinski definition) is 4. The maximum Gasteiger partial charge on any atom is 0.238 e. The van der Waals surface area contributed by atoms with Crippen LogP contribution in [0.4, 0.5) is 10.1 Å². The lowest BCUT2D eigenvalue weighted by Gasteiger charge is -2.23. The minimum Gasteiger partial charge on any atom is -0.495 e. The highest BCUT2D eigenvalue weighted by molar-refractivity contribution is 5.93. The number of carbonyl (C=O) groups excluding carboxylic acids is 1. The van der Waals surface area contributed by atoms with Crippen molar-refractivity contribution in [3.05, 3.63) is 59.9 Å². The summed E-state index contributed by atoms with van der Waals surface area (Å²) in [5, 5.41) is 13.1. The molecular weight excluding hydrogens is 323 g/mol. The number of aliphatic hydroxyl groups excluding tert-OH is 1. The molecule has 0 spiro atoms. The van der Waals surface area contributed by atoms with Crippen LogP contribution in [0, 0.1) is 5.82 Å². The van der Waals surface area contributed by atoms with Gasteiger partial charge in [-0.1, -0.05) is 31.2 Å². The summed E-state index contributed by atoms with van der Waals surface area (Å²) in [6.45, 7) is 2.92. The third-order valence-electron chi connectivity index (χ3n) is 3.88. The highest BCUT2D eigenvalue weighted by Gasteiger charge is 2.16. The minimum absolute atomic E-state index is 0.132. The third-order valence-corrected chi connectivity index (χ3v) is 3.88. The quantitative estimate of drug-likeness (QED) is 0.772. The van der Waals surface area contributed by atoms with E-state index in [0.29, 0.717) is 23.5 Å². The second-order valence-corrected chi connectivity index (χ2v) is 5.64. The van der Waals surface area contributed by atoms with Crippen LogP contribution in [-0.4, -0.2) is 42.7 Å². The number of anilines is 1. The number of likely N-dealkylation sites (N-methyl/N-ethyl adjacent to an activating group) is 1. The zero-order chi connectivity index (χ0) is 18.2. The van der Waals surface area contributed by atoms with Crippen molar-refractivity contribution in [3.8, 4) is 5.75 Å². The Bertz CT molecular complexity index is 691. The van der Waals surface area contributed by atoms with Gasteiger partial charge in [-0.3, -0.25) is 9.69 Å². The van der Waals surface area contributed by atoms with Gasteiger partial charge in [0.15, 0.2) is 0 Å². The monoisotopic (exact) mass is 346 g/mol. The van der Waals surface area contributed by atoms with E-state index in [1.54, 1.807) is 31.4 Å². The standard InChI is InChI=1S/C19H23FN2O3/c1-3-22(12-17(23)14-8-10-15(20)11-9-14)13-19(24)21-16-6-4-5-7-18(16)25-2/h4-11,17,23H,3,12-13H2,1-2H3,(H,21,24). The molecule has 0 fully saturated rings. The summed E-state index contributed by atoms with van der Waals surface area (Å²) in [6.07, 6.45) is -0.792. The topological polar surface area (TPSA) is 61.8 Å². The molecular formula is C19H23FN2O3. The molecule has 134 valence electrons. The van der Waals surface area contributed by atoms with Gasteiger partial charge in [0.05, 0.1) is 25.4 Å². The summed E-state index contributed by atoms with van der Waals surface area (Å²) < 4.78 is 18.2. The molecule has 0 aromatic heterocycles. The van der Waals surface area contributed by atoms with Crippen molar-refractivity contribution in [1.29, 1.82) is 0 Å². The molecule has 0 bridgehead atoms. The molecule has 0 aliphatic heterocycles. The molecule has 25 heavy (non-hydrogen) atoms. The first kappa shape index (κ1) is 18.9. The van der Waals surface area contributed by atoms with E-state index in [9.17, 15) is 14.3 Å². The number of halogens is 1. The number of ether oxygens (including phenoxy) is 1. The largest absolute Gasteiger partial charge is 0.495 e. The second kappa shape index (κ2) is 9.15. The number of amides is 1. The Hall–Kier alpha value is -2.44. The van der Waals surface area contributed by atoms with E-state index < -0.39 is 6.10 Å². The number of para-hydroxylation sites is 2. The molecule has 2 aromatic rings. The summed E-state index contributed by atoms with van der Waals surface area (Å²) in [7, 11) is 1.54. The lowest BCUT2D eigenvalue weighted by Crippen LogP contribution is -2.36. The number of rotatable bonds is 8. The van der Waals surface area contributed by atoms with E-state index in [1.807, 2.05) is 24.0 Å². The molecule has 5 nitrogen and oxygen atoms in total. The van der Waals surface area contributed by atoms with Gasteiger partial charge in [-0.15, -0.1) is 0 Å². The number of nitrogens with zero attached hydrogens (tertiary/aromatic N) is 1. The SMILES string of the molecule is CCN(CC(=O)Nc1ccccc1OC)CC(O)c1ccc(F)cc1. The number of hydrogen-bond donors (Lipinski definition) is 2. The van der Waals surface area contributed by atoms with Crippen LogP contribution < -0.4 is 10.1 Å². The van der Waals surface area contributed by atoms with Crippen molar-refractivity contribution >= 4 is 11.6 Å². The Morgan fingerprint density at radius 3 is 2.56 bits per heavy atom. The lowest BCUT2D eigenvalue weighted by atomic mass is 10.1. The second-order valence-electron chi connectivity index (χ2n) is 5.64. The fraction of sp³-hybridized carbons (Fsp3) is 0.316. The summed E-state index contributed by atoms with van der Waals surface area (Å²) in [5.41, 5.74) is 1.22. The first-order valence-electron chi connectivity index (χ1n) is 8.12. The smallest absolute Gasteiger partial charge is 0.238 e. The van der Waals surface area contributed by atoms with Gasteiger partial charge in [-0.05, 0) is 36.4 Å². The Morgan fingerprint density at radius 1 is 1.24 bits per heavy atom. The van der Waals surface area contributed by atoms with E-state index in [1.165, 1.54) is 12.1 Å². The van der Waals surface area contributed by atoms with Gasteiger partial charge in [0, 0.05) is 6.54 Å². The first-order chi connectivity index (χ1) is 12.0. The molecule has 0 aliphatic rings. The van der Waals surface area contributed by atoms with Crippen molar-refractivity contribution in [2.24, 2.45) is 0 Å². The van der Waals surface area contributed by atoms with Gasteiger partial charge >= 0.3 is 0 Å². The van der Waals surface area contributed by atoms with E-state index in [0.717, 1.165) is 0 Å². The lowest BCUT2D eigenvalue weighted by molar-refractivity contribution is -0.117. The van der Waals surface area contributed by atoms with Crippen LogP contribution in [-0.2, 0) is 4.79 Å². The molecule has 6 heteroatoms. The molecule has 0 saturated carbocycles. The van der Waals surface area contributed by atoms with Gasteiger partial charge in [-0.2, -0.15) is 0 Å². The Morgan fingerprint density at radius 2 is 1.92 bits per heavy atom. The van der Waals surface area contributed by atoms with Crippen molar-refractivity contribution in [1.82, 2.24) is 4.90 Å². The van der Waals surface area contributed by atoms with Crippen LogP contribution in [0.3, 0.4) is 0 Å². The van der Waals surface area contributed by atoms with Crippen LogP contribution >= 0.6 is 0 Å². The van der Waals surface area contributed by atoms with Gasteiger partial charge in [0.1, 0.15) is 11.6 Å². The fourth-order valence-corrected chi connectivity index (χ4v) is 2.48. The summed E-state index contributed by atoms with van der Waals surface area (Å²) in [6, 6.07) is 12.9. The Balaban J connectivity index is 1.94. The van der Waals surface area contributed by atoms with Gasteiger partial charge in [-0.25, -0.2) is 4.39 Å². The number of aliphatic hydroxyl groups is 1.